The second-order valence-corrected chi connectivity index (χ2v) is 8.12. The number of rotatable bonds is 5. The van der Waals surface area contributed by atoms with Crippen molar-refractivity contribution in [2.75, 3.05) is 6.61 Å². The number of aromatic nitrogens is 1. The van der Waals surface area contributed by atoms with Crippen LogP contribution in [-0.2, 0) is 9.53 Å². The normalized spacial score (nSPS) is 18.1. The van der Waals surface area contributed by atoms with Crippen LogP contribution in [0.2, 0.25) is 0 Å². The summed E-state index contributed by atoms with van der Waals surface area (Å²) in [7, 11) is 0. The van der Waals surface area contributed by atoms with Gasteiger partial charge >= 0.3 is 5.97 Å². The highest BCUT2D eigenvalue weighted by atomic mass is 19.1. The molecule has 2 atom stereocenters. The minimum absolute atomic E-state index is 0.300. The van der Waals surface area contributed by atoms with E-state index in [2.05, 4.69) is 16.0 Å². The van der Waals surface area contributed by atoms with Gasteiger partial charge in [-0.3, -0.25) is 9.98 Å². The lowest BCUT2D eigenvalue weighted by molar-refractivity contribution is -0.139. The number of aliphatic imine (C=N–C) groups is 1. The summed E-state index contributed by atoms with van der Waals surface area (Å²) < 4.78 is 18.9. The Balaban J connectivity index is 1.91. The van der Waals surface area contributed by atoms with Gasteiger partial charge in [-0.25, -0.2) is 9.18 Å². The molecule has 1 aromatic heterocycles. The highest BCUT2D eigenvalue weighted by Gasteiger charge is 2.38. The van der Waals surface area contributed by atoms with Crippen molar-refractivity contribution in [3.8, 4) is 17.2 Å². The van der Waals surface area contributed by atoms with Gasteiger partial charge in [-0.1, -0.05) is 31.2 Å². The molecule has 0 amide bonds. The summed E-state index contributed by atoms with van der Waals surface area (Å²) in [5.74, 6) is -1.91. The first-order chi connectivity index (χ1) is 15.9. The topological polar surface area (TPSA) is 75.3 Å². The Bertz CT molecular complexity index is 1320. The first-order valence-electron chi connectivity index (χ1n) is 10.9. The quantitative estimate of drug-likeness (QED) is 0.458. The number of hydrogen-bond donors (Lipinski definition) is 0. The van der Waals surface area contributed by atoms with E-state index < -0.39 is 17.8 Å². The van der Waals surface area contributed by atoms with E-state index in [4.69, 9.17) is 4.74 Å². The number of esters is 1. The van der Waals surface area contributed by atoms with E-state index in [1.807, 2.05) is 38.1 Å². The molecule has 6 heteroatoms. The fraction of sp³-hybridized carbons (Fsp3) is 0.259. The van der Waals surface area contributed by atoms with Gasteiger partial charge in [-0.15, -0.1) is 0 Å². The van der Waals surface area contributed by atoms with Gasteiger partial charge in [-0.2, -0.15) is 5.26 Å². The lowest BCUT2D eigenvalue weighted by Gasteiger charge is -2.29. The third-order valence-electron chi connectivity index (χ3n) is 5.90. The smallest absolute Gasteiger partial charge is 0.336 e. The second-order valence-electron chi connectivity index (χ2n) is 8.12. The predicted octanol–water partition coefficient (Wildman–Crippen LogP) is 5.97. The Hall–Kier alpha value is -3.85. The van der Waals surface area contributed by atoms with Gasteiger partial charge in [0.25, 0.3) is 0 Å². The van der Waals surface area contributed by atoms with Crippen molar-refractivity contribution in [3.63, 3.8) is 0 Å². The van der Waals surface area contributed by atoms with Crippen LogP contribution in [0.5, 0.6) is 0 Å². The molecule has 33 heavy (non-hydrogen) atoms. The zero-order valence-corrected chi connectivity index (χ0v) is 18.8. The summed E-state index contributed by atoms with van der Waals surface area (Å²) in [5, 5.41) is 10.9. The number of hydrogen-bond acceptors (Lipinski definition) is 5. The van der Waals surface area contributed by atoms with Gasteiger partial charge in [0.15, 0.2) is 0 Å². The molecule has 3 aromatic rings. The van der Waals surface area contributed by atoms with Crippen molar-refractivity contribution >= 4 is 22.6 Å². The molecule has 1 aliphatic rings. The monoisotopic (exact) mass is 441 g/mol. The number of fused-ring (bicyclic) bond motifs is 1. The number of carbonyl (C=O) groups excluding carboxylic acids is 1. The van der Waals surface area contributed by atoms with E-state index in [1.165, 1.54) is 12.1 Å². The van der Waals surface area contributed by atoms with Crippen LogP contribution in [0.4, 0.5) is 4.39 Å². The Labute approximate surface area is 192 Å². The summed E-state index contributed by atoms with van der Waals surface area (Å²) in [4.78, 5) is 22.2. The predicted molar refractivity (Wildman–Crippen MR) is 126 cm³/mol. The van der Waals surface area contributed by atoms with Gasteiger partial charge in [0.1, 0.15) is 5.82 Å². The number of pyridine rings is 1. The molecule has 0 saturated carbocycles. The van der Waals surface area contributed by atoms with Crippen LogP contribution in [0.1, 0.15) is 38.7 Å². The Morgan fingerprint density at radius 1 is 1.15 bits per heavy atom. The number of nitrogens with zero attached hydrogens (tertiary/aromatic N) is 3. The van der Waals surface area contributed by atoms with Crippen LogP contribution in [0.3, 0.4) is 0 Å². The summed E-state index contributed by atoms with van der Waals surface area (Å²) >= 11 is 0. The molecule has 0 fully saturated rings. The third-order valence-corrected chi connectivity index (χ3v) is 5.90. The SMILES string of the molecule is CCCOC(=O)C1=C(C)N=C(C)C(C#N)C1c1cccc2ncc(-c3ccc(F)cc3)cc12. The largest absolute Gasteiger partial charge is 0.462 e. The molecular weight excluding hydrogens is 417 g/mol. The molecule has 0 aliphatic carbocycles. The average Bonchev–Trinajstić information content (AvgIpc) is 2.82. The standard InChI is InChI=1S/C27H24FN3O2/c1-4-12-33-27(32)25-17(3)31-16(2)23(14-29)26(25)21-6-5-7-24-22(21)13-19(15-30-24)18-8-10-20(28)11-9-18/h5-11,13,15,23,26H,4,12H2,1-3H3. The molecule has 2 aromatic carbocycles. The highest BCUT2D eigenvalue weighted by Crippen LogP contribution is 2.42. The van der Waals surface area contributed by atoms with Crippen molar-refractivity contribution in [2.24, 2.45) is 10.9 Å². The number of benzene rings is 2. The third kappa shape index (κ3) is 4.27. The molecular formula is C27H24FN3O2. The zero-order valence-electron chi connectivity index (χ0n) is 18.8. The summed E-state index contributed by atoms with van der Waals surface area (Å²) in [5.41, 5.74) is 4.83. The summed E-state index contributed by atoms with van der Waals surface area (Å²) in [6.45, 7) is 5.82. The van der Waals surface area contributed by atoms with Gasteiger partial charge in [0.05, 0.1) is 29.7 Å². The number of allylic oxidation sites excluding steroid dienone is 1. The molecule has 0 radical (unpaired) electrons. The van der Waals surface area contributed by atoms with Crippen molar-refractivity contribution in [2.45, 2.75) is 33.1 Å². The van der Waals surface area contributed by atoms with Crippen LogP contribution in [0.15, 0.2) is 71.0 Å². The fourth-order valence-electron chi connectivity index (χ4n) is 4.32. The number of nitriles is 1. The highest BCUT2D eigenvalue weighted by molar-refractivity contribution is 6.00. The molecule has 0 N–H and O–H groups in total. The van der Waals surface area contributed by atoms with Crippen LogP contribution >= 0.6 is 0 Å². The van der Waals surface area contributed by atoms with E-state index in [0.717, 1.165) is 27.6 Å². The molecule has 0 spiro atoms. The minimum atomic E-state index is -0.613. The molecule has 0 bridgehead atoms. The molecule has 2 heterocycles. The molecule has 2 unspecified atom stereocenters. The maximum atomic E-state index is 13.4. The summed E-state index contributed by atoms with van der Waals surface area (Å²) in [6.07, 6.45) is 2.44. The van der Waals surface area contributed by atoms with Gasteiger partial charge in [-0.05, 0) is 55.7 Å². The first kappa shape index (κ1) is 22.3. The van der Waals surface area contributed by atoms with Gasteiger partial charge < -0.3 is 4.74 Å². The van der Waals surface area contributed by atoms with Crippen LogP contribution < -0.4 is 0 Å². The van der Waals surface area contributed by atoms with E-state index in [9.17, 15) is 14.4 Å². The van der Waals surface area contributed by atoms with Crippen LogP contribution in [0, 0.1) is 23.1 Å². The zero-order chi connectivity index (χ0) is 23.5. The summed E-state index contributed by atoms with van der Waals surface area (Å²) in [6, 6.07) is 16.2. The maximum Gasteiger partial charge on any atom is 0.336 e. The molecule has 166 valence electrons. The van der Waals surface area contributed by atoms with E-state index >= 15 is 0 Å². The number of halogens is 1. The van der Waals surface area contributed by atoms with E-state index in [1.54, 1.807) is 25.3 Å². The number of carbonyl (C=O) groups is 1. The Morgan fingerprint density at radius 3 is 2.61 bits per heavy atom. The van der Waals surface area contributed by atoms with Gasteiger partial charge in [0, 0.05) is 34.5 Å². The Kier molecular flexibility index (Phi) is 6.32. The minimum Gasteiger partial charge on any atom is -0.462 e. The maximum absolute atomic E-state index is 13.4. The van der Waals surface area contributed by atoms with Crippen molar-refractivity contribution in [1.82, 2.24) is 4.98 Å². The Morgan fingerprint density at radius 2 is 1.91 bits per heavy atom. The van der Waals surface area contributed by atoms with Crippen LogP contribution in [0.25, 0.3) is 22.0 Å². The molecule has 1 aliphatic heterocycles. The van der Waals surface area contributed by atoms with Gasteiger partial charge in [0.2, 0.25) is 0 Å². The van der Waals surface area contributed by atoms with Crippen molar-refractivity contribution in [1.29, 1.82) is 5.26 Å². The molecule has 0 saturated heterocycles. The lowest BCUT2D eigenvalue weighted by atomic mass is 9.75. The van der Waals surface area contributed by atoms with Crippen LogP contribution in [-0.4, -0.2) is 23.3 Å². The second kappa shape index (κ2) is 9.33. The average molecular weight is 442 g/mol. The molecule has 5 nitrogen and oxygen atoms in total. The first-order valence-corrected chi connectivity index (χ1v) is 10.9. The number of ether oxygens (including phenoxy) is 1. The van der Waals surface area contributed by atoms with E-state index in [0.29, 0.717) is 30.0 Å². The van der Waals surface area contributed by atoms with Crippen molar-refractivity contribution in [3.05, 3.63) is 77.4 Å². The fourth-order valence-corrected chi connectivity index (χ4v) is 4.32. The molecule has 4 rings (SSSR count). The van der Waals surface area contributed by atoms with Crippen molar-refractivity contribution < 1.29 is 13.9 Å². The lowest BCUT2D eigenvalue weighted by Crippen LogP contribution is -2.29. The van der Waals surface area contributed by atoms with E-state index in [-0.39, 0.29) is 5.82 Å².